The standard InChI is InChI=1S/C9H20NO5P/c1-5-14-16(13,15-6-2)9(8(3)4)7-10(11)12/h8-9H,5-7H2,1-4H3/t9-/m1/s1. The van der Waals surface area contributed by atoms with E-state index < -0.39 is 24.7 Å². The number of hydrogen-bond donors (Lipinski definition) is 0. The number of rotatable bonds is 8. The topological polar surface area (TPSA) is 78.7 Å². The average Bonchev–Trinajstić information content (AvgIpc) is 2.14. The molecule has 0 amide bonds. The minimum Gasteiger partial charge on any atom is -0.308 e. The molecule has 1 atom stereocenters. The molecule has 0 radical (unpaired) electrons. The summed E-state index contributed by atoms with van der Waals surface area (Å²) in [6.45, 7) is 6.98. The number of nitrogens with zero attached hydrogens (tertiary/aromatic N) is 1. The molecule has 0 aliphatic heterocycles. The molecule has 0 heterocycles. The summed E-state index contributed by atoms with van der Waals surface area (Å²) in [6, 6.07) is 0. The number of nitro groups is 1. The van der Waals surface area contributed by atoms with Crippen LogP contribution in [-0.2, 0) is 13.6 Å². The Hall–Kier alpha value is -0.450. The summed E-state index contributed by atoms with van der Waals surface area (Å²) in [4.78, 5) is 10.1. The van der Waals surface area contributed by atoms with Crippen LogP contribution in [0.3, 0.4) is 0 Å². The molecule has 0 saturated heterocycles. The van der Waals surface area contributed by atoms with Gasteiger partial charge in [-0.1, -0.05) is 13.8 Å². The molecule has 0 aromatic rings. The van der Waals surface area contributed by atoms with E-state index in [4.69, 9.17) is 9.05 Å². The van der Waals surface area contributed by atoms with Gasteiger partial charge in [0.1, 0.15) is 5.66 Å². The Morgan fingerprint density at radius 3 is 1.94 bits per heavy atom. The van der Waals surface area contributed by atoms with Crippen LogP contribution in [0.1, 0.15) is 27.7 Å². The molecule has 0 N–H and O–H groups in total. The fourth-order valence-corrected chi connectivity index (χ4v) is 3.66. The molecule has 0 aromatic heterocycles. The Morgan fingerprint density at radius 1 is 1.25 bits per heavy atom. The second kappa shape index (κ2) is 6.99. The molecule has 0 unspecified atom stereocenters. The van der Waals surface area contributed by atoms with E-state index in [1.54, 1.807) is 27.7 Å². The zero-order valence-corrected chi connectivity index (χ0v) is 11.1. The molecule has 0 spiro atoms. The molecule has 0 fully saturated rings. The van der Waals surface area contributed by atoms with Crippen LogP contribution in [0.2, 0.25) is 0 Å². The predicted molar refractivity (Wildman–Crippen MR) is 61.3 cm³/mol. The monoisotopic (exact) mass is 253 g/mol. The highest BCUT2D eigenvalue weighted by Crippen LogP contribution is 2.55. The lowest BCUT2D eigenvalue weighted by molar-refractivity contribution is -0.480. The van der Waals surface area contributed by atoms with E-state index in [-0.39, 0.29) is 19.1 Å². The van der Waals surface area contributed by atoms with Gasteiger partial charge < -0.3 is 9.05 Å². The summed E-state index contributed by atoms with van der Waals surface area (Å²) in [5.41, 5.74) is -0.692. The maximum absolute atomic E-state index is 12.3. The van der Waals surface area contributed by atoms with Crippen molar-refractivity contribution < 1.29 is 18.5 Å². The first-order valence-electron chi connectivity index (χ1n) is 5.38. The van der Waals surface area contributed by atoms with Gasteiger partial charge in [-0.15, -0.1) is 0 Å². The van der Waals surface area contributed by atoms with Crippen LogP contribution in [-0.4, -0.2) is 30.3 Å². The summed E-state index contributed by atoms with van der Waals surface area (Å²) in [6.07, 6.45) is 0. The fraction of sp³-hybridized carbons (Fsp3) is 1.00. The van der Waals surface area contributed by atoms with Crippen molar-refractivity contribution in [1.29, 1.82) is 0 Å². The van der Waals surface area contributed by atoms with Crippen LogP contribution in [0, 0.1) is 16.0 Å². The van der Waals surface area contributed by atoms with Crippen LogP contribution >= 0.6 is 7.60 Å². The minimum atomic E-state index is -3.38. The van der Waals surface area contributed by atoms with Gasteiger partial charge >= 0.3 is 7.60 Å². The third kappa shape index (κ3) is 4.60. The van der Waals surface area contributed by atoms with E-state index in [0.29, 0.717) is 0 Å². The van der Waals surface area contributed by atoms with Gasteiger partial charge in [-0.25, -0.2) is 0 Å². The first-order chi connectivity index (χ1) is 7.37. The largest absolute Gasteiger partial charge is 0.340 e. The Bertz CT molecular complexity index is 259. The average molecular weight is 253 g/mol. The van der Waals surface area contributed by atoms with Crippen LogP contribution in [0.5, 0.6) is 0 Å². The van der Waals surface area contributed by atoms with Gasteiger partial charge in [-0.3, -0.25) is 14.7 Å². The molecule has 0 aliphatic rings. The van der Waals surface area contributed by atoms with Gasteiger partial charge in [0.15, 0.2) is 0 Å². The highest BCUT2D eigenvalue weighted by molar-refractivity contribution is 7.54. The highest BCUT2D eigenvalue weighted by Gasteiger charge is 2.41. The zero-order valence-electron chi connectivity index (χ0n) is 10.2. The van der Waals surface area contributed by atoms with Crippen molar-refractivity contribution in [2.45, 2.75) is 33.4 Å². The van der Waals surface area contributed by atoms with Gasteiger partial charge in [0.05, 0.1) is 13.2 Å². The van der Waals surface area contributed by atoms with E-state index in [1.165, 1.54) is 0 Å². The van der Waals surface area contributed by atoms with E-state index in [1.807, 2.05) is 0 Å². The van der Waals surface area contributed by atoms with Crippen molar-refractivity contribution in [2.24, 2.45) is 5.92 Å². The second-order valence-corrected chi connectivity index (χ2v) is 5.96. The molecule has 16 heavy (non-hydrogen) atoms. The SMILES string of the molecule is CCOP(=O)(OCC)[C@H](C[N+](=O)[O-])C(C)C. The smallest absolute Gasteiger partial charge is 0.308 e. The third-order valence-electron chi connectivity index (χ3n) is 2.13. The first kappa shape index (κ1) is 15.6. The second-order valence-electron chi connectivity index (χ2n) is 3.70. The molecule has 0 rings (SSSR count). The molecule has 7 heteroatoms. The van der Waals surface area contributed by atoms with Gasteiger partial charge in [0, 0.05) is 4.92 Å². The summed E-state index contributed by atoms with van der Waals surface area (Å²) in [5, 5.41) is 10.5. The lowest BCUT2D eigenvalue weighted by Crippen LogP contribution is -2.27. The molecular weight excluding hydrogens is 233 g/mol. The van der Waals surface area contributed by atoms with Crippen LogP contribution in [0.25, 0.3) is 0 Å². The van der Waals surface area contributed by atoms with Gasteiger partial charge in [0.25, 0.3) is 0 Å². The van der Waals surface area contributed by atoms with Gasteiger partial charge in [-0.05, 0) is 19.8 Å². The highest BCUT2D eigenvalue weighted by atomic mass is 31.2. The molecule has 0 aliphatic carbocycles. The van der Waals surface area contributed by atoms with Crippen molar-refractivity contribution in [1.82, 2.24) is 0 Å². The van der Waals surface area contributed by atoms with E-state index in [0.717, 1.165) is 0 Å². The maximum atomic E-state index is 12.3. The maximum Gasteiger partial charge on any atom is 0.340 e. The number of hydrogen-bond acceptors (Lipinski definition) is 5. The van der Waals surface area contributed by atoms with Gasteiger partial charge in [0.2, 0.25) is 6.54 Å². The van der Waals surface area contributed by atoms with Crippen LogP contribution in [0.15, 0.2) is 0 Å². The Morgan fingerprint density at radius 2 is 1.69 bits per heavy atom. The predicted octanol–water partition coefficient (Wildman–Crippen LogP) is 2.55. The Balaban J connectivity index is 4.93. The molecular formula is C9H20NO5P. The van der Waals surface area contributed by atoms with Crippen molar-refractivity contribution in [2.75, 3.05) is 19.8 Å². The zero-order chi connectivity index (χ0) is 12.8. The van der Waals surface area contributed by atoms with Crippen molar-refractivity contribution in [3.63, 3.8) is 0 Å². The van der Waals surface area contributed by atoms with Crippen molar-refractivity contribution >= 4 is 7.60 Å². The minimum absolute atomic E-state index is 0.130. The molecule has 0 aromatic carbocycles. The normalized spacial score (nSPS) is 14.1. The van der Waals surface area contributed by atoms with Gasteiger partial charge in [-0.2, -0.15) is 0 Å². The van der Waals surface area contributed by atoms with Crippen molar-refractivity contribution in [3.8, 4) is 0 Å². The lowest BCUT2D eigenvalue weighted by Gasteiger charge is -2.26. The summed E-state index contributed by atoms with van der Waals surface area (Å²) in [5.74, 6) is -0.130. The van der Waals surface area contributed by atoms with Crippen LogP contribution < -0.4 is 0 Å². The van der Waals surface area contributed by atoms with E-state index in [9.17, 15) is 14.7 Å². The third-order valence-corrected chi connectivity index (χ3v) is 4.94. The molecule has 0 bridgehead atoms. The van der Waals surface area contributed by atoms with E-state index in [2.05, 4.69) is 0 Å². The summed E-state index contributed by atoms with van der Waals surface area (Å²) in [7, 11) is -3.38. The first-order valence-corrected chi connectivity index (χ1v) is 6.99. The quantitative estimate of drug-likeness (QED) is 0.377. The van der Waals surface area contributed by atoms with Crippen molar-refractivity contribution in [3.05, 3.63) is 10.1 Å². The lowest BCUT2D eigenvalue weighted by atomic mass is 10.1. The molecule has 96 valence electrons. The molecule has 6 nitrogen and oxygen atoms in total. The Kier molecular flexibility index (Phi) is 6.79. The Labute approximate surface area is 96.0 Å². The summed E-state index contributed by atoms with van der Waals surface area (Å²) < 4.78 is 22.6. The van der Waals surface area contributed by atoms with Crippen LogP contribution in [0.4, 0.5) is 0 Å². The molecule has 0 saturated carbocycles. The fourth-order valence-electron chi connectivity index (χ4n) is 1.42. The summed E-state index contributed by atoms with van der Waals surface area (Å²) >= 11 is 0. The van der Waals surface area contributed by atoms with E-state index >= 15 is 0 Å².